The predicted octanol–water partition coefficient (Wildman–Crippen LogP) is 2.81. The largest absolute Gasteiger partial charge is 0.497 e. The van der Waals surface area contributed by atoms with Crippen LogP contribution in [0.1, 0.15) is 24.2 Å². The molecule has 17 heavy (non-hydrogen) atoms. The van der Waals surface area contributed by atoms with E-state index in [4.69, 9.17) is 10.00 Å². The van der Waals surface area contributed by atoms with Crippen molar-refractivity contribution in [3.05, 3.63) is 29.6 Å². The Kier molecular flexibility index (Phi) is 4.22. The first kappa shape index (κ1) is 13.2. The van der Waals surface area contributed by atoms with Gasteiger partial charge in [-0.1, -0.05) is 13.8 Å². The van der Waals surface area contributed by atoms with Crippen LogP contribution in [-0.2, 0) is 0 Å². The first-order chi connectivity index (χ1) is 8.01. The van der Waals surface area contributed by atoms with Crippen molar-refractivity contribution in [3.63, 3.8) is 0 Å². The molecule has 4 heteroatoms. The van der Waals surface area contributed by atoms with Crippen LogP contribution in [0.25, 0.3) is 0 Å². The highest BCUT2D eigenvalue weighted by Gasteiger charge is 2.25. The van der Waals surface area contributed by atoms with Crippen molar-refractivity contribution >= 4 is 5.78 Å². The van der Waals surface area contributed by atoms with Crippen LogP contribution in [0.4, 0.5) is 4.39 Å². The number of carbonyl (C=O) groups excluding carboxylic acids is 1. The van der Waals surface area contributed by atoms with E-state index in [1.807, 2.05) is 6.07 Å². The number of benzene rings is 1. The van der Waals surface area contributed by atoms with E-state index in [1.165, 1.54) is 19.2 Å². The fraction of sp³-hybridized carbons (Fsp3) is 0.385. The molecular formula is C13H14FNO2. The van der Waals surface area contributed by atoms with E-state index in [-0.39, 0.29) is 11.5 Å². The van der Waals surface area contributed by atoms with Crippen LogP contribution in [0.2, 0.25) is 0 Å². The summed E-state index contributed by atoms with van der Waals surface area (Å²) in [5, 5.41) is 8.90. The number of ether oxygens (including phenoxy) is 1. The second-order valence-electron chi connectivity index (χ2n) is 4.06. The molecule has 0 saturated carbocycles. The molecule has 0 radical (unpaired) electrons. The van der Waals surface area contributed by atoms with E-state index >= 15 is 0 Å². The highest BCUT2D eigenvalue weighted by atomic mass is 19.1. The van der Waals surface area contributed by atoms with Crippen LogP contribution < -0.4 is 4.74 Å². The van der Waals surface area contributed by atoms with Crippen molar-refractivity contribution < 1.29 is 13.9 Å². The van der Waals surface area contributed by atoms with Crippen molar-refractivity contribution in [2.75, 3.05) is 7.11 Å². The van der Waals surface area contributed by atoms with E-state index in [0.29, 0.717) is 5.75 Å². The summed E-state index contributed by atoms with van der Waals surface area (Å²) >= 11 is 0. The first-order valence-electron chi connectivity index (χ1n) is 5.28. The minimum Gasteiger partial charge on any atom is -0.497 e. The van der Waals surface area contributed by atoms with E-state index in [2.05, 4.69) is 0 Å². The molecule has 3 nitrogen and oxygen atoms in total. The lowest BCUT2D eigenvalue weighted by atomic mass is 9.89. The van der Waals surface area contributed by atoms with E-state index in [0.717, 1.165) is 6.07 Å². The number of ketones is 1. The Labute approximate surface area is 99.8 Å². The lowest BCUT2D eigenvalue weighted by molar-refractivity contribution is 0.0920. The number of nitriles is 1. The summed E-state index contributed by atoms with van der Waals surface area (Å²) in [5.74, 6) is -1.76. The lowest BCUT2D eigenvalue weighted by Gasteiger charge is -2.12. The maximum absolute atomic E-state index is 13.6. The maximum Gasteiger partial charge on any atom is 0.183 e. The van der Waals surface area contributed by atoms with E-state index in [1.54, 1.807) is 13.8 Å². The van der Waals surface area contributed by atoms with Crippen molar-refractivity contribution in [1.82, 2.24) is 0 Å². The fourth-order valence-electron chi connectivity index (χ4n) is 1.50. The summed E-state index contributed by atoms with van der Waals surface area (Å²) < 4.78 is 18.5. The maximum atomic E-state index is 13.6. The van der Waals surface area contributed by atoms with Gasteiger partial charge in [0.05, 0.1) is 18.7 Å². The molecule has 1 aromatic rings. The monoisotopic (exact) mass is 235 g/mol. The van der Waals surface area contributed by atoms with Gasteiger partial charge < -0.3 is 4.74 Å². The molecular weight excluding hydrogens is 221 g/mol. The van der Waals surface area contributed by atoms with Crippen LogP contribution in [0.5, 0.6) is 5.75 Å². The quantitative estimate of drug-likeness (QED) is 0.754. The molecule has 0 amide bonds. The Morgan fingerprint density at radius 3 is 2.53 bits per heavy atom. The van der Waals surface area contributed by atoms with E-state index < -0.39 is 17.5 Å². The number of hydrogen-bond acceptors (Lipinski definition) is 3. The predicted molar refractivity (Wildman–Crippen MR) is 61.2 cm³/mol. The highest BCUT2D eigenvalue weighted by Crippen LogP contribution is 2.22. The molecule has 0 aliphatic rings. The van der Waals surface area contributed by atoms with Gasteiger partial charge >= 0.3 is 0 Å². The van der Waals surface area contributed by atoms with Crippen LogP contribution in [0, 0.1) is 29.0 Å². The van der Waals surface area contributed by atoms with Crippen molar-refractivity contribution in [1.29, 1.82) is 5.26 Å². The third-order valence-electron chi connectivity index (χ3n) is 2.53. The van der Waals surface area contributed by atoms with Crippen LogP contribution in [0.15, 0.2) is 18.2 Å². The fourth-order valence-corrected chi connectivity index (χ4v) is 1.50. The second kappa shape index (κ2) is 5.44. The molecule has 0 heterocycles. The molecule has 1 atom stereocenters. The number of hydrogen-bond donors (Lipinski definition) is 0. The zero-order valence-electron chi connectivity index (χ0n) is 10.0. The highest BCUT2D eigenvalue weighted by molar-refractivity contribution is 5.99. The Morgan fingerprint density at radius 2 is 2.12 bits per heavy atom. The third-order valence-corrected chi connectivity index (χ3v) is 2.53. The number of rotatable bonds is 4. The van der Waals surface area contributed by atoms with Gasteiger partial charge in [-0.2, -0.15) is 5.26 Å². The lowest BCUT2D eigenvalue weighted by Crippen LogP contribution is -2.19. The summed E-state index contributed by atoms with van der Waals surface area (Å²) in [4.78, 5) is 11.9. The molecule has 0 saturated heterocycles. The summed E-state index contributed by atoms with van der Waals surface area (Å²) in [7, 11) is 1.42. The van der Waals surface area contributed by atoms with Crippen molar-refractivity contribution in [2.45, 2.75) is 13.8 Å². The van der Waals surface area contributed by atoms with Gasteiger partial charge in [0.15, 0.2) is 5.78 Å². The van der Waals surface area contributed by atoms with Crippen molar-refractivity contribution in [2.24, 2.45) is 11.8 Å². The van der Waals surface area contributed by atoms with Crippen LogP contribution in [0.3, 0.4) is 0 Å². The molecule has 0 N–H and O–H groups in total. The molecule has 1 unspecified atom stereocenters. The number of nitrogens with zero attached hydrogens (tertiary/aromatic N) is 1. The van der Waals surface area contributed by atoms with Gasteiger partial charge in [0.25, 0.3) is 0 Å². The summed E-state index contributed by atoms with van der Waals surface area (Å²) in [5.41, 5.74) is -0.0638. The minimum atomic E-state index is -0.821. The molecule has 0 spiro atoms. The Balaban J connectivity index is 3.09. The van der Waals surface area contributed by atoms with E-state index in [9.17, 15) is 9.18 Å². The van der Waals surface area contributed by atoms with Crippen molar-refractivity contribution in [3.8, 4) is 11.8 Å². The summed E-state index contributed by atoms with van der Waals surface area (Å²) in [6.07, 6.45) is 0. The zero-order valence-corrected chi connectivity index (χ0v) is 10.0. The zero-order chi connectivity index (χ0) is 13.0. The smallest absolute Gasteiger partial charge is 0.183 e. The van der Waals surface area contributed by atoms with Gasteiger partial charge in [0.2, 0.25) is 0 Å². The standard InChI is InChI=1S/C13H14FNO2/c1-8(2)11(7-15)13(16)10-5-4-9(17-3)6-12(10)14/h4-6,8,11H,1-3H3. The SMILES string of the molecule is COc1ccc(C(=O)C(C#N)C(C)C)c(F)c1. The number of halogens is 1. The van der Waals surface area contributed by atoms with Crippen LogP contribution in [-0.4, -0.2) is 12.9 Å². The average Bonchev–Trinajstić information content (AvgIpc) is 2.28. The Hall–Kier alpha value is -1.89. The number of carbonyl (C=O) groups is 1. The Bertz CT molecular complexity index is 463. The number of methoxy groups -OCH3 is 1. The second-order valence-corrected chi connectivity index (χ2v) is 4.06. The van der Waals surface area contributed by atoms with Gasteiger partial charge in [-0.3, -0.25) is 4.79 Å². The van der Waals surface area contributed by atoms with Gasteiger partial charge in [0, 0.05) is 6.07 Å². The normalized spacial score (nSPS) is 12.0. The first-order valence-corrected chi connectivity index (χ1v) is 5.28. The summed E-state index contributed by atoms with van der Waals surface area (Å²) in [6.45, 7) is 3.51. The molecule has 0 fully saturated rings. The molecule has 0 aliphatic heterocycles. The molecule has 1 aromatic carbocycles. The Morgan fingerprint density at radius 1 is 1.47 bits per heavy atom. The topological polar surface area (TPSA) is 50.1 Å². The molecule has 90 valence electrons. The molecule has 0 aromatic heterocycles. The van der Waals surface area contributed by atoms with Gasteiger partial charge in [-0.05, 0) is 18.1 Å². The van der Waals surface area contributed by atoms with Crippen LogP contribution >= 0.6 is 0 Å². The molecule has 0 aliphatic carbocycles. The molecule has 0 bridgehead atoms. The van der Waals surface area contributed by atoms with Gasteiger partial charge in [-0.15, -0.1) is 0 Å². The molecule has 1 rings (SSSR count). The average molecular weight is 235 g/mol. The van der Waals surface area contributed by atoms with Gasteiger partial charge in [-0.25, -0.2) is 4.39 Å². The third kappa shape index (κ3) is 2.82. The summed E-state index contributed by atoms with van der Waals surface area (Å²) in [6, 6.07) is 5.90. The van der Waals surface area contributed by atoms with Gasteiger partial charge in [0.1, 0.15) is 17.5 Å². The number of Topliss-reactive ketones (excluding diaryl/α,β-unsaturated/α-hetero) is 1. The minimum absolute atomic E-state index is 0.0638.